The van der Waals surface area contributed by atoms with Gasteiger partial charge in [-0.15, -0.1) is 0 Å². The van der Waals surface area contributed by atoms with E-state index in [9.17, 15) is 14.9 Å². The van der Waals surface area contributed by atoms with Gasteiger partial charge >= 0.3 is 5.97 Å². The molecule has 0 aliphatic carbocycles. The van der Waals surface area contributed by atoms with Crippen molar-refractivity contribution in [2.75, 3.05) is 0 Å². The van der Waals surface area contributed by atoms with E-state index in [-0.39, 0.29) is 11.7 Å². The van der Waals surface area contributed by atoms with Crippen molar-refractivity contribution in [3.05, 3.63) is 76.5 Å². The first-order chi connectivity index (χ1) is 13.6. The number of aromatic nitrogens is 2. The van der Waals surface area contributed by atoms with Crippen molar-refractivity contribution in [1.29, 1.82) is 0 Å². The number of non-ortho nitro benzene ring substituents is 1. The monoisotopic (exact) mass is 397 g/mol. The fourth-order valence-corrected chi connectivity index (χ4v) is 3.35. The number of benzene rings is 2. The van der Waals surface area contributed by atoms with E-state index in [1.54, 1.807) is 18.3 Å². The van der Waals surface area contributed by atoms with Crippen LogP contribution in [-0.4, -0.2) is 20.6 Å². The Morgan fingerprint density at radius 2 is 1.89 bits per heavy atom. The predicted molar refractivity (Wildman–Crippen MR) is 107 cm³/mol. The Morgan fingerprint density at radius 3 is 2.54 bits per heavy atom. The standard InChI is InChI=1S/C20H19N3O4S/c1-2-6-19(24)27-22-13-18(16-9-11-17(12-10-16)23(25)26)21-20(22)28-14-15-7-4-3-5-8-15/h3-5,7-13H,2,6,14H2,1H3. The zero-order valence-corrected chi connectivity index (χ0v) is 16.1. The van der Waals surface area contributed by atoms with Gasteiger partial charge in [0.2, 0.25) is 5.16 Å². The number of carbonyl (C=O) groups is 1. The molecule has 0 atom stereocenters. The topological polar surface area (TPSA) is 87.3 Å². The molecule has 0 aliphatic heterocycles. The van der Waals surface area contributed by atoms with E-state index < -0.39 is 4.92 Å². The molecule has 0 saturated heterocycles. The summed E-state index contributed by atoms with van der Waals surface area (Å²) in [5.41, 5.74) is 2.42. The van der Waals surface area contributed by atoms with E-state index in [2.05, 4.69) is 4.98 Å². The van der Waals surface area contributed by atoms with Crippen LogP contribution < -0.4 is 4.84 Å². The second-order valence-electron chi connectivity index (χ2n) is 6.03. The van der Waals surface area contributed by atoms with Crippen molar-refractivity contribution < 1.29 is 14.6 Å². The average molecular weight is 397 g/mol. The molecule has 0 saturated carbocycles. The third-order valence-electron chi connectivity index (χ3n) is 3.88. The Kier molecular flexibility index (Phi) is 6.44. The smallest absolute Gasteiger partial charge is 0.332 e. The molecule has 7 nitrogen and oxygen atoms in total. The van der Waals surface area contributed by atoms with Gasteiger partial charge in [0.25, 0.3) is 5.69 Å². The molecular formula is C20H19N3O4S. The highest BCUT2D eigenvalue weighted by Gasteiger charge is 2.15. The van der Waals surface area contributed by atoms with Gasteiger partial charge in [0.15, 0.2) is 0 Å². The Labute approximate surface area is 166 Å². The van der Waals surface area contributed by atoms with Crippen molar-refractivity contribution >= 4 is 23.4 Å². The summed E-state index contributed by atoms with van der Waals surface area (Å²) in [7, 11) is 0. The highest BCUT2D eigenvalue weighted by atomic mass is 32.2. The lowest BCUT2D eigenvalue weighted by Gasteiger charge is -2.07. The molecule has 0 spiro atoms. The Morgan fingerprint density at radius 1 is 1.18 bits per heavy atom. The van der Waals surface area contributed by atoms with Gasteiger partial charge in [0.05, 0.1) is 16.8 Å². The molecule has 0 N–H and O–H groups in total. The van der Waals surface area contributed by atoms with Crippen LogP contribution in [0.5, 0.6) is 0 Å². The van der Waals surface area contributed by atoms with Crippen LogP contribution in [0.4, 0.5) is 5.69 Å². The van der Waals surface area contributed by atoms with E-state index >= 15 is 0 Å². The lowest BCUT2D eigenvalue weighted by molar-refractivity contribution is -0.384. The number of nitrogens with zero attached hydrogens (tertiary/aromatic N) is 3. The number of carbonyl (C=O) groups excluding carboxylic acids is 1. The minimum atomic E-state index is -0.448. The molecule has 8 heteroatoms. The van der Waals surface area contributed by atoms with Crippen molar-refractivity contribution in [2.45, 2.75) is 30.7 Å². The molecule has 0 bridgehead atoms. The van der Waals surface area contributed by atoms with Gasteiger partial charge in [-0.25, -0.2) is 9.78 Å². The molecule has 0 amide bonds. The molecule has 0 aliphatic rings. The molecule has 1 heterocycles. The summed E-state index contributed by atoms with van der Waals surface area (Å²) in [6.07, 6.45) is 2.63. The molecule has 3 rings (SSSR count). The SMILES string of the molecule is CCCC(=O)On1cc(-c2ccc([N+](=O)[O-])cc2)nc1SCc1ccccc1. The first kappa shape index (κ1) is 19.6. The quantitative estimate of drug-likeness (QED) is 0.316. The van der Waals surface area contributed by atoms with Crippen molar-refractivity contribution in [1.82, 2.24) is 9.71 Å². The van der Waals surface area contributed by atoms with Gasteiger partial charge in [-0.05, 0) is 24.1 Å². The predicted octanol–water partition coefficient (Wildman–Crippen LogP) is 4.51. The normalized spacial score (nSPS) is 10.6. The largest absolute Gasteiger partial charge is 0.334 e. The molecule has 144 valence electrons. The third-order valence-corrected chi connectivity index (χ3v) is 4.89. The van der Waals surface area contributed by atoms with Crippen LogP contribution in [0, 0.1) is 10.1 Å². The minimum absolute atomic E-state index is 0.0104. The van der Waals surface area contributed by atoms with Crippen LogP contribution in [0.3, 0.4) is 0 Å². The Hall–Kier alpha value is -3.13. The Bertz CT molecular complexity index is 955. The zero-order chi connectivity index (χ0) is 19.9. The van der Waals surface area contributed by atoms with E-state index in [0.717, 1.165) is 5.56 Å². The van der Waals surface area contributed by atoms with E-state index in [0.29, 0.717) is 35.0 Å². The fourth-order valence-electron chi connectivity index (χ4n) is 2.48. The van der Waals surface area contributed by atoms with E-state index in [1.807, 2.05) is 37.3 Å². The summed E-state index contributed by atoms with van der Waals surface area (Å²) < 4.78 is 1.38. The first-order valence-electron chi connectivity index (χ1n) is 8.79. The molecular weight excluding hydrogens is 378 g/mol. The summed E-state index contributed by atoms with van der Waals surface area (Å²) >= 11 is 1.45. The van der Waals surface area contributed by atoms with E-state index in [1.165, 1.54) is 28.6 Å². The molecule has 28 heavy (non-hydrogen) atoms. The van der Waals surface area contributed by atoms with Gasteiger partial charge in [-0.2, -0.15) is 4.73 Å². The van der Waals surface area contributed by atoms with Crippen molar-refractivity contribution in [3.8, 4) is 11.3 Å². The summed E-state index contributed by atoms with van der Waals surface area (Å²) in [6.45, 7) is 1.91. The van der Waals surface area contributed by atoms with Crippen LogP contribution >= 0.6 is 11.8 Å². The van der Waals surface area contributed by atoms with Crippen molar-refractivity contribution in [2.24, 2.45) is 0 Å². The summed E-state index contributed by atoms with van der Waals surface area (Å²) in [4.78, 5) is 32.3. The highest BCUT2D eigenvalue weighted by Crippen LogP contribution is 2.27. The minimum Gasteiger partial charge on any atom is -0.334 e. The average Bonchev–Trinajstić information content (AvgIpc) is 3.10. The van der Waals surface area contributed by atoms with Crippen molar-refractivity contribution in [3.63, 3.8) is 0 Å². The maximum atomic E-state index is 11.9. The number of rotatable bonds is 8. The van der Waals surface area contributed by atoms with Crippen LogP contribution in [0.25, 0.3) is 11.3 Å². The molecule has 2 aromatic carbocycles. The molecule has 0 radical (unpaired) electrons. The maximum absolute atomic E-state index is 11.9. The second kappa shape index (κ2) is 9.18. The lowest BCUT2D eigenvalue weighted by atomic mass is 10.1. The van der Waals surface area contributed by atoms with Gasteiger partial charge < -0.3 is 4.84 Å². The van der Waals surface area contributed by atoms with E-state index in [4.69, 9.17) is 4.84 Å². The maximum Gasteiger partial charge on any atom is 0.332 e. The number of hydrogen-bond acceptors (Lipinski definition) is 6. The fraction of sp³-hybridized carbons (Fsp3) is 0.200. The number of nitro groups is 1. The highest BCUT2D eigenvalue weighted by molar-refractivity contribution is 7.98. The summed E-state index contributed by atoms with van der Waals surface area (Å²) in [6, 6.07) is 16.0. The molecule has 0 fully saturated rings. The van der Waals surface area contributed by atoms with Gasteiger partial charge in [0, 0.05) is 29.9 Å². The van der Waals surface area contributed by atoms with Gasteiger partial charge in [-0.3, -0.25) is 10.1 Å². The molecule has 0 unspecified atom stereocenters. The van der Waals surface area contributed by atoms with Gasteiger partial charge in [0.1, 0.15) is 0 Å². The summed E-state index contributed by atoms with van der Waals surface area (Å²) in [5, 5.41) is 11.4. The van der Waals surface area contributed by atoms with Crippen LogP contribution in [0.15, 0.2) is 66.0 Å². The lowest BCUT2D eigenvalue weighted by Crippen LogP contribution is -2.19. The van der Waals surface area contributed by atoms with Crippen LogP contribution in [-0.2, 0) is 10.5 Å². The first-order valence-corrected chi connectivity index (χ1v) is 9.77. The second-order valence-corrected chi connectivity index (χ2v) is 6.97. The number of thioether (sulfide) groups is 1. The molecule has 3 aromatic rings. The molecule has 1 aromatic heterocycles. The zero-order valence-electron chi connectivity index (χ0n) is 15.3. The Balaban J connectivity index is 1.85. The number of hydrogen-bond donors (Lipinski definition) is 0. The van der Waals surface area contributed by atoms with Crippen LogP contribution in [0.2, 0.25) is 0 Å². The number of imidazole rings is 1. The third kappa shape index (κ3) is 4.98. The number of nitro benzene ring substituents is 1. The van der Waals surface area contributed by atoms with Gasteiger partial charge in [-0.1, -0.05) is 49.0 Å². The summed E-state index contributed by atoms with van der Waals surface area (Å²) in [5.74, 6) is 0.333. The van der Waals surface area contributed by atoms with Crippen LogP contribution in [0.1, 0.15) is 25.3 Å².